The number of rotatable bonds is 11. The third-order valence-electron chi connectivity index (χ3n) is 5.54. The van der Waals surface area contributed by atoms with Gasteiger partial charge in [0.1, 0.15) is 0 Å². The van der Waals surface area contributed by atoms with Crippen LogP contribution in [0.5, 0.6) is 0 Å². The molecule has 29 heavy (non-hydrogen) atoms. The van der Waals surface area contributed by atoms with Crippen LogP contribution in [-0.2, 0) is 0 Å². The highest BCUT2D eigenvalue weighted by atomic mass is 16.2. The Kier molecular flexibility index (Phi) is 7.13. The van der Waals surface area contributed by atoms with Crippen molar-refractivity contribution in [3.8, 4) is 0 Å². The predicted octanol–water partition coefficient (Wildman–Crippen LogP) is 5.66. The number of hydrogen-bond acceptors (Lipinski definition) is 4. The number of anilines is 2. The van der Waals surface area contributed by atoms with E-state index in [1.807, 2.05) is 24.3 Å². The van der Waals surface area contributed by atoms with Gasteiger partial charge in [0.25, 0.3) is 11.8 Å². The summed E-state index contributed by atoms with van der Waals surface area (Å²) in [7, 11) is 0. The fourth-order valence-corrected chi connectivity index (χ4v) is 3.85. The minimum Gasteiger partial charge on any atom is -0.384 e. The first-order valence-electron chi connectivity index (χ1n) is 11.1. The third kappa shape index (κ3) is 4.24. The first kappa shape index (κ1) is 21.2. The molecule has 0 saturated carbocycles. The van der Waals surface area contributed by atoms with Crippen LogP contribution < -0.4 is 10.6 Å². The molecule has 156 valence electrons. The molecule has 0 spiro atoms. The van der Waals surface area contributed by atoms with Gasteiger partial charge in [-0.15, -0.1) is 0 Å². The Balaban J connectivity index is 2.11. The fourth-order valence-electron chi connectivity index (χ4n) is 3.85. The van der Waals surface area contributed by atoms with E-state index < -0.39 is 0 Å². The molecule has 2 N–H and O–H groups in total. The molecule has 2 amide bonds. The van der Waals surface area contributed by atoms with Gasteiger partial charge in [-0.3, -0.25) is 14.5 Å². The second-order valence-electron chi connectivity index (χ2n) is 7.75. The highest BCUT2D eigenvalue weighted by molar-refractivity contribution is 6.28. The molecule has 5 nitrogen and oxygen atoms in total. The molecule has 1 aliphatic heterocycles. The van der Waals surface area contributed by atoms with Crippen LogP contribution >= 0.6 is 0 Å². The van der Waals surface area contributed by atoms with Crippen LogP contribution in [0.1, 0.15) is 80.0 Å². The second-order valence-corrected chi connectivity index (χ2v) is 7.75. The number of hydrogen-bond donors (Lipinski definition) is 2. The molecule has 0 aliphatic carbocycles. The van der Waals surface area contributed by atoms with Gasteiger partial charge in [0, 0.05) is 52.9 Å². The van der Waals surface area contributed by atoms with Crippen molar-refractivity contribution in [1.82, 2.24) is 4.90 Å². The average Bonchev–Trinajstić information content (AvgIpc) is 2.73. The molecule has 0 saturated heterocycles. The van der Waals surface area contributed by atoms with E-state index in [0.717, 1.165) is 73.8 Å². The number of imide groups is 1. The van der Waals surface area contributed by atoms with Crippen molar-refractivity contribution in [3.05, 3.63) is 35.4 Å². The number of carbonyl (C=O) groups is 2. The summed E-state index contributed by atoms with van der Waals surface area (Å²) in [6.45, 7) is 8.61. The number of benzene rings is 2. The number of carbonyl (C=O) groups excluding carboxylic acids is 2. The molecule has 0 aromatic heterocycles. The summed E-state index contributed by atoms with van der Waals surface area (Å²) in [6, 6.07) is 7.74. The van der Waals surface area contributed by atoms with Crippen molar-refractivity contribution in [2.45, 2.75) is 59.3 Å². The molecular weight excluding hydrogens is 362 g/mol. The Hall–Kier alpha value is -2.56. The predicted molar refractivity (Wildman–Crippen MR) is 121 cm³/mol. The molecular formula is C24H33N3O2. The van der Waals surface area contributed by atoms with Crippen molar-refractivity contribution in [2.24, 2.45) is 0 Å². The lowest BCUT2D eigenvalue weighted by atomic mass is 9.91. The van der Waals surface area contributed by atoms with Crippen LogP contribution in [-0.4, -0.2) is 36.3 Å². The van der Waals surface area contributed by atoms with Gasteiger partial charge < -0.3 is 10.6 Å². The monoisotopic (exact) mass is 395 g/mol. The number of nitrogens with one attached hydrogen (secondary N) is 2. The van der Waals surface area contributed by atoms with Gasteiger partial charge in [0.05, 0.1) is 0 Å². The number of nitrogens with zero attached hydrogens (tertiary/aromatic N) is 1. The van der Waals surface area contributed by atoms with Crippen molar-refractivity contribution in [2.75, 3.05) is 30.3 Å². The largest absolute Gasteiger partial charge is 0.384 e. The molecule has 5 heteroatoms. The van der Waals surface area contributed by atoms with Gasteiger partial charge in [-0.2, -0.15) is 0 Å². The van der Waals surface area contributed by atoms with E-state index in [2.05, 4.69) is 31.4 Å². The van der Waals surface area contributed by atoms with Crippen LogP contribution in [0.25, 0.3) is 10.8 Å². The van der Waals surface area contributed by atoms with E-state index >= 15 is 0 Å². The molecule has 0 atom stereocenters. The Morgan fingerprint density at radius 3 is 1.62 bits per heavy atom. The fraction of sp³-hybridized carbons (Fsp3) is 0.500. The average molecular weight is 396 g/mol. The van der Waals surface area contributed by atoms with Crippen LogP contribution in [0.4, 0.5) is 11.4 Å². The summed E-state index contributed by atoms with van der Waals surface area (Å²) in [5.41, 5.74) is 3.23. The molecule has 1 aliphatic rings. The lowest BCUT2D eigenvalue weighted by Crippen LogP contribution is -2.41. The maximum absolute atomic E-state index is 13.1. The van der Waals surface area contributed by atoms with E-state index in [-0.39, 0.29) is 11.8 Å². The molecule has 0 bridgehead atoms. The maximum Gasteiger partial charge on any atom is 0.261 e. The van der Waals surface area contributed by atoms with Gasteiger partial charge in [0.15, 0.2) is 0 Å². The van der Waals surface area contributed by atoms with E-state index in [1.165, 1.54) is 4.90 Å². The zero-order valence-corrected chi connectivity index (χ0v) is 17.9. The van der Waals surface area contributed by atoms with E-state index in [9.17, 15) is 9.59 Å². The van der Waals surface area contributed by atoms with E-state index in [4.69, 9.17) is 0 Å². The van der Waals surface area contributed by atoms with Crippen LogP contribution in [0.15, 0.2) is 24.3 Å². The molecule has 2 aromatic rings. The standard InChI is InChI=1S/C24H33N3O2/c1-4-7-14-25-19-12-10-17-21-18(24(29)27(23(17)28)16-9-6-3)11-13-20(22(19)21)26-15-8-5-2/h10-13,25-26H,4-9,14-16H2,1-3H3. The summed E-state index contributed by atoms with van der Waals surface area (Å²) in [6.07, 6.45) is 6.13. The first-order valence-corrected chi connectivity index (χ1v) is 11.1. The molecule has 1 heterocycles. The van der Waals surface area contributed by atoms with Crippen LogP contribution in [0.2, 0.25) is 0 Å². The minimum atomic E-state index is -0.174. The summed E-state index contributed by atoms with van der Waals surface area (Å²) >= 11 is 0. The normalized spacial score (nSPS) is 13.3. The SMILES string of the molecule is CCCCNc1ccc2c3c(ccc(NCCCC)c13)C(=O)N(CCCC)C2=O. The van der Waals surface area contributed by atoms with E-state index in [1.54, 1.807) is 0 Å². The molecule has 2 aromatic carbocycles. The smallest absolute Gasteiger partial charge is 0.261 e. The van der Waals surface area contributed by atoms with Gasteiger partial charge in [-0.25, -0.2) is 0 Å². The van der Waals surface area contributed by atoms with Gasteiger partial charge in [0.2, 0.25) is 0 Å². The first-order chi connectivity index (χ1) is 14.1. The summed E-state index contributed by atoms with van der Waals surface area (Å²) < 4.78 is 0. The molecule has 0 radical (unpaired) electrons. The number of amides is 2. The van der Waals surface area contributed by atoms with Gasteiger partial charge in [-0.05, 0) is 43.5 Å². The molecule has 0 fully saturated rings. The van der Waals surface area contributed by atoms with Gasteiger partial charge >= 0.3 is 0 Å². The maximum atomic E-state index is 13.1. The number of unbranched alkanes of at least 4 members (excludes halogenated alkanes) is 3. The van der Waals surface area contributed by atoms with Crippen LogP contribution in [0, 0.1) is 0 Å². The minimum absolute atomic E-state index is 0.174. The molecule has 0 unspecified atom stereocenters. The highest BCUT2D eigenvalue weighted by Gasteiger charge is 2.33. The van der Waals surface area contributed by atoms with Crippen LogP contribution in [0.3, 0.4) is 0 Å². The Labute approximate surface area is 173 Å². The second kappa shape index (κ2) is 9.77. The summed E-state index contributed by atoms with van der Waals surface area (Å²) in [4.78, 5) is 27.7. The quantitative estimate of drug-likeness (QED) is 0.381. The highest BCUT2D eigenvalue weighted by Crippen LogP contribution is 2.39. The van der Waals surface area contributed by atoms with Crippen molar-refractivity contribution in [1.29, 1.82) is 0 Å². The topological polar surface area (TPSA) is 61.4 Å². The Bertz CT molecular complexity index is 827. The Morgan fingerprint density at radius 2 is 1.17 bits per heavy atom. The Morgan fingerprint density at radius 1 is 0.690 bits per heavy atom. The summed E-state index contributed by atoms with van der Waals surface area (Å²) in [5.74, 6) is -0.349. The zero-order chi connectivity index (χ0) is 20.8. The van der Waals surface area contributed by atoms with Crippen molar-refractivity contribution < 1.29 is 9.59 Å². The zero-order valence-electron chi connectivity index (χ0n) is 17.9. The van der Waals surface area contributed by atoms with Crippen molar-refractivity contribution >= 4 is 34.0 Å². The lowest BCUT2D eigenvalue weighted by molar-refractivity contribution is 0.0608. The lowest BCUT2D eigenvalue weighted by Gasteiger charge is -2.29. The summed E-state index contributed by atoms with van der Waals surface area (Å²) in [5, 5.41) is 8.79. The third-order valence-corrected chi connectivity index (χ3v) is 5.54. The van der Waals surface area contributed by atoms with Crippen molar-refractivity contribution in [3.63, 3.8) is 0 Å². The van der Waals surface area contributed by atoms with E-state index in [0.29, 0.717) is 17.7 Å². The van der Waals surface area contributed by atoms with Gasteiger partial charge in [-0.1, -0.05) is 40.0 Å². The molecule has 3 rings (SSSR count).